The molecule has 2 atom stereocenters. The average molecular weight is 463 g/mol. The van der Waals surface area contributed by atoms with E-state index in [0.29, 0.717) is 5.69 Å². The molecule has 6 heteroatoms. The Labute approximate surface area is 198 Å². The lowest BCUT2D eigenvalue weighted by Crippen LogP contribution is -2.37. The van der Waals surface area contributed by atoms with Crippen LogP contribution in [0.2, 0.25) is 0 Å². The zero-order valence-electron chi connectivity index (χ0n) is 19.2. The topological polar surface area (TPSA) is 41.6 Å². The van der Waals surface area contributed by atoms with Crippen molar-refractivity contribution in [2.75, 3.05) is 36.6 Å². The quantitative estimate of drug-likeness (QED) is 0.469. The van der Waals surface area contributed by atoms with Crippen LogP contribution in [0.4, 0.5) is 25.0 Å². The number of ether oxygens (including phenoxy) is 1. The molecule has 2 heterocycles. The number of anilines is 2. The van der Waals surface area contributed by atoms with Crippen LogP contribution >= 0.6 is 0 Å². The van der Waals surface area contributed by atoms with E-state index in [1.165, 1.54) is 34.5 Å². The molecule has 176 valence electrons. The molecule has 2 unspecified atom stereocenters. The molecule has 1 amide bonds. The van der Waals surface area contributed by atoms with Crippen LogP contribution in [0.25, 0.3) is 0 Å². The Morgan fingerprint density at radius 2 is 1.53 bits per heavy atom. The van der Waals surface area contributed by atoms with E-state index in [1.54, 1.807) is 0 Å². The Hall–Kier alpha value is -3.41. The fourth-order valence-electron chi connectivity index (χ4n) is 5.34. The lowest BCUT2D eigenvalue weighted by molar-refractivity contribution is 0.152. The number of rotatable bonds is 5. The van der Waals surface area contributed by atoms with Gasteiger partial charge in [0.2, 0.25) is 0 Å². The van der Waals surface area contributed by atoms with Crippen LogP contribution in [0, 0.1) is 12.7 Å². The van der Waals surface area contributed by atoms with Gasteiger partial charge in [-0.05, 0) is 66.3 Å². The van der Waals surface area contributed by atoms with Gasteiger partial charge < -0.3 is 9.64 Å². The highest BCUT2D eigenvalue weighted by Crippen LogP contribution is 2.49. The number of carbonyl (C=O) groups excluding carboxylic acids is 1. The molecule has 34 heavy (non-hydrogen) atoms. The fraction of sp³-hybridized carbons (Fsp3) is 0.321. The number of benzene rings is 3. The number of nitrogens with zero attached hydrogens (tertiary/aromatic N) is 1. The summed E-state index contributed by atoms with van der Waals surface area (Å²) < 4.78 is 31.0. The number of aryl methyl sites for hydroxylation is 1. The lowest BCUT2D eigenvalue weighted by atomic mass is 9.76. The molecule has 0 bridgehead atoms. The number of alkyl halides is 1. The van der Waals surface area contributed by atoms with Crippen molar-refractivity contribution in [2.24, 2.45) is 0 Å². The summed E-state index contributed by atoms with van der Waals surface area (Å²) in [6, 6.07) is 19.3. The molecule has 2 aliphatic rings. The van der Waals surface area contributed by atoms with Crippen molar-refractivity contribution in [2.45, 2.75) is 31.6 Å². The van der Waals surface area contributed by atoms with Crippen LogP contribution in [-0.2, 0) is 4.74 Å². The molecule has 1 N–H and O–H groups in total. The van der Waals surface area contributed by atoms with Gasteiger partial charge in [-0.15, -0.1) is 0 Å². The average Bonchev–Trinajstić information content (AvgIpc) is 2.84. The molecule has 2 aliphatic heterocycles. The minimum Gasteiger partial charge on any atom is -0.447 e. The molecule has 5 rings (SSSR count). The first-order chi connectivity index (χ1) is 16.5. The summed E-state index contributed by atoms with van der Waals surface area (Å²) in [5, 5.41) is 2.80. The molecule has 0 saturated carbocycles. The van der Waals surface area contributed by atoms with Crippen LogP contribution in [0.15, 0.2) is 60.7 Å². The van der Waals surface area contributed by atoms with Gasteiger partial charge in [0.05, 0.1) is 0 Å². The van der Waals surface area contributed by atoms with Gasteiger partial charge in [0.1, 0.15) is 19.1 Å². The van der Waals surface area contributed by atoms with E-state index in [9.17, 15) is 13.6 Å². The van der Waals surface area contributed by atoms with Gasteiger partial charge in [0.25, 0.3) is 0 Å². The number of carbonyl (C=O) groups is 1. The van der Waals surface area contributed by atoms with Gasteiger partial charge in [-0.2, -0.15) is 0 Å². The van der Waals surface area contributed by atoms with Gasteiger partial charge in [0.15, 0.2) is 0 Å². The zero-order chi connectivity index (χ0) is 23.7. The summed E-state index contributed by atoms with van der Waals surface area (Å²) in [4.78, 5) is 14.7. The SMILES string of the molecule is Cc1ccc(C2CCN3CCC(c4ccc(F)cc4)c4cc(NC(=O)OCCF)cc2c43)cc1. The highest BCUT2D eigenvalue weighted by molar-refractivity contribution is 5.86. The van der Waals surface area contributed by atoms with Crippen molar-refractivity contribution in [1.82, 2.24) is 0 Å². The molecular formula is C28H28F2N2O2. The highest BCUT2D eigenvalue weighted by atomic mass is 19.1. The summed E-state index contributed by atoms with van der Waals surface area (Å²) >= 11 is 0. The second-order valence-electron chi connectivity index (χ2n) is 9.09. The zero-order valence-corrected chi connectivity index (χ0v) is 19.2. The minimum atomic E-state index is -0.722. The monoisotopic (exact) mass is 462 g/mol. The number of hydrogen-bond donors (Lipinski definition) is 1. The van der Waals surface area contributed by atoms with Crippen LogP contribution < -0.4 is 10.2 Å². The molecule has 0 aliphatic carbocycles. The van der Waals surface area contributed by atoms with Crippen LogP contribution in [0.3, 0.4) is 0 Å². The first kappa shape index (κ1) is 22.4. The summed E-state index contributed by atoms with van der Waals surface area (Å²) in [5.41, 5.74) is 7.64. The third-order valence-corrected chi connectivity index (χ3v) is 6.92. The van der Waals surface area contributed by atoms with E-state index in [2.05, 4.69) is 41.4 Å². The first-order valence-corrected chi connectivity index (χ1v) is 11.8. The van der Waals surface area contributed by atoms with Crippen molar-refractivity contribution in [1.29, 1.82) is 0 Å². The third kappa shape index (κ3) is 4.37. The van der Waals surface area contributed by atoms with Gasteiger partial charge in [-0.25, -0.2) is 13.6 Å². The molecule has 3 aromatic carbocycles. The van der Waals surface area contributed by atoms with Gasteiger partial charge in [-0.1, -0.05) is 42.0 Å². The second-order valence-corrected chi connectivity index (χ2v) is 9.09. The van der Waals surface area contributed by atoms with Crippen molar-refractivity contribution < 1.29 is 18.3 Å². The molecule has 3 aromatic rings. The molecule has 0 saturated heterocycles. The second kappa shape index (κ2) is 9.45. The molecule has 0 radical (unpaired) electrons. The predicted octanol–water partition coefficient (Wildman–Crippen LogP) is 6.53. The maximum atomic E-state index is 13.6. The van der Waals surface area contributed by atoms with Crippen molar-refractivity contribution in [3.63, 3.8) is 0 Å². The predicted molar refractivity (Wildman–Crippen MR) is 130 cm³/mol. The van der Waals surface area contributed by atoms with E-state index in [4.69, 9.17) is 4.74 Å². The van der Waals surface area contributed by atoms with Gasteiger partial charge in [-0.3, -0.25) is 5.32 Å². The normalized spacial score (nSPS) is 18.9. The minimum absolute atomic E-state index is 0.0889. The molecule has 4 nitrogen and oxygen atoms in total. The smallest absolute Gasteiger partial charge is 0.411 e. The first-order valence-electron chi connectivity index (χ1n) is 11.8. The highest BCUT2D eigenvalue weighted by Gasteiger charge is 2.35. The van der Waals surface area contributed by atoms with Gasteiger partial charge in [0, 0.05) is 36.3 Å². The van der Waals surface area contributed by atoms with Crippen molar-refractivity contribution in [3.05, 3.63) is 94.3 Å². The third-order valence-electron chi connectivity index (χ3n) is 6.92. The van der Waals surface area contributed by atoms with E-state index in [0.717, 1.165) is 37.1 Å². The van der Waals surface area contributed by atoms with Crippen molar-refractivity contribution >= 4 is 17.5 Å². The standard InChI is InChI=1S/C28H28F2N2O2/c1-18-2-4-19(5-3-18)23-10-13-32-14-11-24(20-6-8-21(30)9-7-20)26-17-22(16-25(23)27(26)32)31-28(33)34-15-12-29/h2-9,16-17,23-24H,10-15H2,1H3,(H,31,33). The molecular weight excluding hydrogens is 434 g/mol. The maximum absolute atomic E-state index is 13.6. The summed E-state index contributed by atoms with van der Waals surface area (Å²) in [5.74, 6) is 0.0286. The maximum Gasteiger partial charge on any atom is 0.411 e. The van der Waals surface area contributed by atoms with E-state index in [1.807, 2.05) is 24.3 Å². The number of hydrogen-bond acceptors (Lipinski definition) is 3. The Morgan fingerprint density at radius 3 is 2.09 bits per heavy atom. The van der Waals surface area contributed by atoms with E-state index >= 15 is 0 Å². The Kier molecular flexibility index (Phi) is 6.22. The van der Waals surface area contributed by atoms with Gasteiger partial charge >= 0.3 is 6.09 Å². The molecule has 0 fully saturated rings. The van der Waals surface area contributed by atoms with Crippen LogP contribution in [0.5, 0.6) is 0 Å². The summed E-state index contributed by atoms with van der Waals surface area (Å²) in [6.45, 7) is 2.96. The number of amides is 1. The van der Waals surface area contributed by atoms with Crippen molar-refractivity contribution in [3.8, 4) is 0 Å². The fourth-order valence-corrected chi connectivity index (χ4v) is 5.34. The molecule has 0 spiro atoms. The van der Waals surface area contributed by atoms with E-state index in [-0.39, 0.29) is 24.3 Å². The number of nitrogens with one attached hydrogen (secondary N) is 1. The Morgan fingerprint density at radius 1 is 0.971 bits per heavy atom. The Bertz CT molecular complexity index is 1100. The lowest BCUT2D eigenvalue weighted by Gasteiger charge is -2.43. The van der Waals surface area contributed by atoms with Crippen LogP contribution in [-0.4, -0.2) is 32.5 Å². The summed E-state index contributed by atoms with van der Waals surface area (Å²) in [6.07, 6.45) is 1.22. The molecule has 0 aromatic heterocycles. The van der Waals surface area contributed by atoms with E-state index < -0.39 is 12.8 Å². The van der Waals surface area contributed by atoms with Crippen LogP contribution in [0.1, 0.15) is 52.5 Å². The largest absolute Gasteiger partial charge is 0.447 e. The Balaban J connectivity index is 1.61. The summed E-state index contributed by atoms with van der Waals surface area (Å²) in [7, 11) is 0. The number of halogens is 2.